The number of benzene rings is 1. The summed E-state index contributed by atoms with van der Waals surface area (Å²) in [5.74, 6) is -1.02. The highest BCUT2D eigenvalue weighted by atomic mass is 19.4. The third-order valence-corrected chi connectivity index (χ3v) is 4.04. The fourth-order valence-corrected chi connectivity index (χ4v) is 2.72. The Kier molecular flexibility index (Phi) is 3.19. The molecule has 1 aromatic carbocycles. The molecule has 0 aliphatic carbocycles. The van der Waals surface area contributed by atoms with Gasteiger partial charge in [-0.05, 0) is 12.1 Å². The predicted molar refractivity (Wildman–Crippen MR) is 77.9 cm³/mol. The Morgan fingerprint density at radius 2 is 1.92 bits per heavy atom. The zero-order chi connectivity index (χ0) is 16.9. The Labute approximate surface area is 133 Å². The molecule has 0 bridgehead atoms. The van der Waals surface area contributed by atoms with Gasteiger partial charge in [-0.15, -0.1) is 10.2 Å². The van der Waals surface area contributed by atoms with Gasteiger partial charge in [0.05, 0.1) is 5.92 Å². The number of nitrogens with zero attached hydrogens (tertiary/aromatic N) is 5. The maximum absolute atomic E-state index is 13.4. The molecule has 1 aliphatic heterocycles. The zero-order valence-corrected chi connectivity index (χ0v) is 12.2. The van der Waals surface area contributed by atoms with E-state index in [1.54, 1.807) is 22.7 Å². The number of hydrogen-bond donors (Lipinski definition) is 0. The van der Waals surface area contributed by atoms with E-state index in [9.17, 15) is 17.6 Å². The van der Waals surface area contributed by atoms with Crippen LogP contribution in [0, 0.1) is 11.7 Å². The summed E-state index contributed by atoms with van der Waals surface area (Å²) < 4.78 is 52.9. The lowest BCUT2D eigenvalue weighted by molar-refractivity contribution is -0.180. The van der Waals surface area contributed by atoms with E-state index in [1.165, 1.54) is 23.2 Å². The molecule has 0 radical (unpaired) electrons. The summed E-state index contributed by atoms with van der Waals surface area (Å²) >= 11 is 0. The quantitative estimate of drug-likeness (QED) is 0.675. The van der Waals surface area contributed by atoms with E-state index in [2.05, 4.69) is 15.2 Å². The van der Waals surface area contributed by atoms with Crippen molar-refractivity contribution in [2.75, 3.05) is 18.0 Å². The van der Waals surface area contributed by atoms with Crippen LogP contribution in [0.1, 0.15) is 0 Å². The summed E-state index contributed by atoms with van der Waals surface area (Å²) in [6.07, 6.45) is -1.14. The van der Waals surface area contributed by atoms with Crippen molar-refractivity contribution >= 4 is 11.5 Å². The molecule has 0 amide bonds. The molecule has 1 saturated heterocycles. The maximum atomic E-state index is 13.4. The van der Waals surface area contributed by atoms with Crippen molar-refractivity contribution in [3.63, 3.8) is 0 Å². The molecule has 0 unspecified atom stereocenters. The molecule has 1 aliphatic rings. The van der Waals surface area contributed by atoms with E-state index in [0.717, 1.165) is 0 Å². The van der Waals surface area contributed by atoms with Gasteiger partial charge in [-0.2, -0.15) is 13.2 Å². The van der Waals surface area contributed by atoms with Gasteiger partial charge in [-0.1, -0.05) is 12.1 Å². The third-order valence-electron chi connectivity index (χ3n) is 4.04. The molecule has 0 N–H and O–H groups in total. The van der Waals surface area contributed by atoms with Gasteiger partial charge < -0.3 is 4.90 Å². The minimum Gasteiger partial charge on any atom is -0.352 e. The summed E-state index contributed by atoms with van der Waals surface area (Å²) in [4.78, 5) is 5.64. The molecule has 0 atom stereocenters. The Hall–Kier alpha value is -2.71. The number of aromatic nitrogens is 4. The monoisotopic (exact) mass is 337 g/mol. The van der Waals surface area contributed by atoms with Gasteiger partial charge in [0.1, 0.15) is 5.82 Å². The van der Waals surface area contributed by atoms with Crippen molar-refractivity contribution in [3.8, 4) is 11.4 Å². The molecule has 3 aromatic rings. The molecule has 2 aromatic heterocycles. The van der Waals surface area contributed by atoms with Crippen LogP contribution in [0.2, 0.25) is 0 Å². The second-order valence-corrected chi connectivity index (χ2v) is 5.62. The van der Waals surface area contributed by atoms with Crippen molar-refractivity contribution in [1.29, 1.82) is 0 Å². The second-order valence-electron chi connectivity index (χ2n) is 5.62. The summed E-state index contributed by atoms with van der Waals surface area (Å²) in [7, 11) is 0. The van der Waals surface area contributed by atoms with Crippen molar-refractivity contribution in [3.05, 3.63) is 42.5 Å². The van der Waals surface area contributed by atoms with Crippen molar-refractivity contribution in [2.45, 2.75) is 6.18 Å². The van der Waals surface area contributed by atoms with Gasteiger partial charge in [0.2, 0.25) is 5.65 Å². The van der Waals surface area contributed by atoms with Crippen LogP contribution in [0.25, 0.3) is 17.0 Å². The van der Waals surface area contributed by atoms with Crippen LogP contribution in [-0.2, 0) is 0 Å². The Morgan fingerprint density at radius 1 is 1.12 bits per heavy atom. The van der Waals surface area contributed by atoms with Crippen LogP contribution in [0.5, 0.6) is 0 Å². The molecule has 3 heterocycles. The van der Waals surface area contributed by atoms with Crippen LogP contribution in [0.3, 0.4) is 0 Å². The van der Waals surface area contributed by atoms with Crippen LogP contribution in [0.4, 0.5) is 23.4 Å². The molecule has 4 rings (SSSR count). The first-order chi connectivity index (χ1) is 11.4. The van der Waals surface area contributed by atoms with Crippen molar-refractivity contribution in [1.82, 2.24) is 19.6 Å². The average molecular weight is 337 g/mol. The van der Waals surface area contributed by atoms with E-state index >= 15 is 0 Å². The van der Waals surface area contributed by atoms with Gasteiger partial charge in [-0.3, -0.25) is 4.40 Å². The number of alkyl halides is 3. The van der Waals surface area contributed by atoms with Crippen LogP contribution < -0.4 is 4.90 Å². The van der Waals surface area contributed by atoms with E-state index in [4.69, 9.17) is 0 Å². The molecular formula is C15H11F4N5. The van der Waals surface area contributed by atoms with Crippen LogP contribution in [0.15, 0.2) is 36.7 Å². The lowest BCUT2D eigenvalue weighted by Gasteiger charge is -2.40. The van der Waals surface area contributed by atoms with Gasteiger partial charge >= 0.3 is 6.18 Å². The van der Waals surface area contributed by atoms with E-state index in [1.807, 2.05) is 0 Å². The number of hydrogen-bond acceptors (Lipinski definition) is 4. The number of anilines is 1. The van der Waals surface area contributed by atoms with Crippen LogP contribution in [-0.4, -0.2) is 38.8 Å². The third kappa shape index (κ3) is 2.36. The van der Waals surface area contributed by atoms with Gasteiger partial charge in [0.15, 0.2) is 11.6 Å². The topological polar surface area (TPSA) is 46.3 Å². The first-order valence-electron chi connectivity index (χ1n) is 7.21. The van der Waals surface area contributed by atoms with Gasteiger partial charge in [0.25, 0.3) is 0 Å². The average Bonchev–Trinajstić information content (AvgIpc) is 2.89. The van der Waals surface area contributed by atoms with E-state index in [-0.39, 0.29) is 13.1 Å². The highest BCUT2D eigenvalue weighted by molar-refractivity contribution is 5.69. The Morgan fingerprint density at radius 3 is 2.62 bits per heavy atom. The molecule has 124 valence electrons. The Bertz CT molecular complexity index is 898. The second kappa shape index (κ2) is 5.15. The molecule has 0 saturated carbocycles. The van der Waals surface area contributed by atoms with E-state index < -0.39 is 17.9 Å². The Balaban J connectivity index is 1.71. The van der Waals surface area contributed by atoms with Gasteiger partial charge in [0, 0.05) is 31.0 Å². The molecule has 5 nitrogen and oxygen atoms in total. The van der Waals surface area contributed by atoms with Crippen molar-refractivity contribution < 1.29 is 17.6 Å². The molecule has 24 heavy (non-hydrogen) atoms. The van der Waals surface area contributed by atoms with Crippen molar-refractivity contribution in [2.24, 2.45) is 5.92 Å². The first kappa shape index (κ1) is 14.9. The zero-order valence-electron chi connectivity index (χ0n) is 12.2. The summed E-state index contributed by atoms with van der Waals surface area (Å²) in [5, 5.41) is 8.05. The van der Waals surface area contributed by atoms with E-state index in [0.29, 0.717) is 22.9 Å². The number of rotatable bonds is 2. The SMILES string of the molecule is Fc1cccc(-c2nnc3c(N4CC(C(F)(F)F)C4)nccn23)c1. The fraction of sp³-hybridized carbons (Fsp3) is 0.267. The molecule has 0 spiro atoms. The lowest BCUT2D eigenvalue weighted by Crippen LogP contribution is -2.53. The smallest absolute Gasteiger partial charge is 0.352 e. The summed E-state index contributed by atoms with van der Waals surface area (Å²) in [6.45, 7) is -0.309. The molecule has 9 heteroatoms. The first-order valence-corrected chi connectivity index (χ1v) is 7.21. The lowest BCUT2D eigenvalue weighted by atomic mass is 10.00. The standard InChI is InChI=1S/C15H11F4N5/c16-11-3-1-2-9(6-11)12-21-22-14-13(20-4-5-24(12)14)23-7-10(8-23)15(17,18)19/h1-6,10H,7-8H2. The minimum atomic E-state index is -4.21. The molecule has 1 fully saturated rings. The maximum Gasteiger partial charge on any atom is 0.395 e. The highest BCUT2D eigenvalue weighted by Gasteiger charge is 2.48. The number of halogens is 4. The number of fused-ring (bicyclic) bond motifs is 1. The summed E-state index contributed by atoms with van der Waals surface area (Å²) in [6, 6.07) is 5.87. The highest BCUT2D eigenvalue weighted by Crippen LogP contribution is 2.36. The summed E-state index contributed by atoms with van der Waals surface area (Å²) in [5.41, 5.74) is 0.869. The molecular weight excluding hydrogens is 326 g/mol. The minimum absolute atomic E-state index is 0.154. The van der Waals surface area contributed by atoms with Gasteiger partial charge in [-0.25, -0.2) is 9.37 Å². The van der Waals surface area contributed by atoms with Crippen LogP contribution >= 0.6 is 0 Å². The fourth-order valence-electron chi connectivity index (χ4n) is 2.72. The predicted octanol–water partition coefficient (Wildman–Crippen LogP) is 2.93. The largest absolute Gasteiger partial charge is 0.395 e. The normalized spacial score (nSPS) is 15.8.